The van der Waals surface area contributed by atoms with Gasteiger partial charge in [-0.05, 0) is 98.2 Å². The SMILES string of the molecule is C=CC(=O)C1CCCC(/C=C/C2=CCC=C(Oc3ccc(Oc4ccccc4)cc3)C(C(N)=O)=C2)CC1. The van der Waals surface area contributed by atoms with E-state index in [9.17, 15) is 9.59 Å². The van der Waals surface area contributed by atoms with Crippen molar-refractivity contribution in [3.05, 3.63) is 115 Å². The first-order chi connectivity index (χ1) is 18.0. The number of nitrogens with two attached hydrogens (primary N) is 1. The van der Waals surface area contributed by atoms with Crippen molar-refractivity contribution < 1.29 is 19.1 Å². The summed E-state index contributed by atoms with van der Waals surface area (Å²) < 4.78 is 11.9. The lowest BCUT2D eigenvalue weighted by atomic mass is 9.94. The van der Waals surface area contributed by atoms with E-state index < -0.39 is 5.91 Å². The number of benzene rings is 2. The summed E-state index contributed by atoms with van der Waals surface area (Å²) in [6.07, 6.45) is 16.9. The van der Waals surface area contributed by atoms with Crippen LogP contribution in [-0.4, -0.2) is 11.7 Å². The van der Waals surface area contributed by atoms with Crippen LogP contribution in [0.5, 0.6) is 17.2 Å². The Kier molecular flexibility index (Phi) is 8.93. The number of primary amides is 1. The predicted octanol–water partition coefficient (Wildman–Crippen LogP) is 6.99. The van der Waals surface area contributed by atoms with Gasteiger partial charge in [0.25, 0.3) is 5.91 Å². The van der Waals surface area contributed by atoms with Crippen LogP contribution in [0.15, 0.2) is 115 Å². The maximum absolute atomic E-state index is 12.3. The molecule has 0 aromatic heterocycles. The number of carbonyl (C=O) groups is 2. The summed E-state index contributed by atoms with van der Waals surface area (Å²) in [6, 6.07) is 16.8. The van der Waals surface area contributed by atoms with Crippen molar-refractivity contribution in [1.82, 2.24) is 0 Å². The van der Waals surface area contributed by atoms with E-state index >= 15 is 0 Å². The maximum atomic E-state index is 12.3. The van der Waals surface area contributed by atoms with Crippen LogP contribution < -0.4 is 15.2 Å². The van der Waals surface area contributed by atoms with Crippen LogP contribution in [0.4, 0.5) is 0 Å². The molecule has 5 nitrogen and oxygen atoms in total. The minimum Gasteiger partial charge on any atom is -0.457 e. The Morgan fingerprint density at radius 1 is 0.865 bits per heavy atom. The molecule has 4 rings (SSSR count). The number of amides is 1. The monoisotopic (exact) mass is 495 g/mol. The standard InChI is InChI=1S/C32H33NO4/c1-2-30(34)25-10-6-8-23(16-17-25)14-15-24-9-7-13-31(29(22-24)32(33)35)37-28-20-18-27(19-21-28)36-26-11-4-3-5-12-26/h2-5,9,11-15,18-23,25H,1,6-8,10,16-17H2,(H2,33,35)/b15-14+. The van der Waals surface area contributed by atoms with Crippen molar-refractivity contribution in [2.45, 2.75) is 38.5 Å². The summed E-state index contributed by atoms with van der Waals surface area (Å²) in [5, 5.41) is 0. The highest BCUT2D eigenvalue weighted by Gasteiger charge is 2.21. The van der Waals surface area contributed by atoms with Gasteiger partial charge in [-0.3, -0.25) is 9.59 Å². The van der Waals surface area contributed by atoms with Gasteiger partial charge in [0.15, 0.2) is 5.78 Å². The second-order valence-corrected chi connectivity index (χ2v) is 9.35. The fraction of sp³-hybridized carbons (Fsp3) is 0.250. The van der Waals surface area contributed by atoms with E-state index in [0.717, 1.165) is 43.4 Å². The molecule has 2 aromatic carbocycles. The molecule has 2 atom stereocenters. The molecule has 0 radical (unpaired) electrons. The molecule has 0 heterocycles. The van der Waals surface area contributed by atoms with Crippen molar-refractivity contribution in [3.63, 3.8) is 0 Å². The molecular weight excluding hydrogens is 462 g/mol. The number of rotatable bonds is 9. The van der Waals surface area contributed by atoms with Crippen LogP contribution in [-0.2, 0) is 9.59 Å². The Bertz CT molecular complexity index is 1240. The van der Waals surface area contributed by atoms with Gasteiger partial charge in [0, 0.05) is 5.92 Å². The molecule has 5 heteroatoms. The number of ketones is 1. The molecule has 0 saturated heterocycles. The van der Waals surface area contributed by atoms with Gasteiger partial charge in [-0.1, -0.05) is 49.4 Å². The Labute approximate surface area is 218 Å². The van der Waals surface area contributed by atoms with Gasteiger partial charge in [0.1, 0.15) is 23.0 Å². The topological polar surface area (TPSA) is 78.6 Å². The Morgan fingerprint density at radius 2 is 1.57 bits per heavy atom. The molecule has 2 aliphatic carbocycles. The first-order valence-electron chi connectivity index (χ1n) is 12.8. The molecule has 1 saturated carbocycles. The van der Waals surface area contributed by atoms with Crippen LogP contribution in [0, 0.1) is 11.8 Å². The molecule has 37 heavy (non-hydrogen) atoms. The number of ether oxygens (including phenoxy) is 2. The summed E-state index contributed by atoms with van der Waals surface area (Å²) in [5.74, 6) is 2.56. The first kappa shape index (κ1) is 26.0. The normalized spacial score (nSPS) is 20.1. The van der Waals surface area contributed by atoms with E-state index in [1.165, 1.54) is 6.08 Å². The van der Waals surface area contributed by atoms with E-state index in [-0.39, 0.29) is 11.7 Å². The fourth-order valence-corrected chi connectivity index (χ4v) is 4.66. The van der Waals surface area contributed by atoms with Crippen molar-refractivity contribution in [2.75, 3.05) is 0 Å². The van der Waals surface area contributed by atoms with Gasteiger partial charge in [0.2, 0.25) is 0 Å². The Hall–Kier alpha value is -4.12. The molecule has 0 spiro atoms. The molecule has 2 N–H and O–H groups in total. The average molecular weight is 496 g/mol. The quantitative estimate of drug-likeness (QED) is 0.300. The van der Waals surface area contributed by atoms with Crippen molar-refractivity contribution >= 4 is 11.7 Å². The van der Waals surface area contributed by atoms with Gasteiger partial charge < -0.3 is 15.2 Å². The number of para-hydroxylation sites is 1. The lowest BCUT2D eigenvalue weighted by Crippen LogP contribution is -2.18. The molecule has 1 amide bonds. The smallest absolute Gasteiger partial charge is 0.252 e. The van der Waals surface area contributed by atoms with Gasteiger partial charge in [-0.15, -0.1) is 0 Å². The van der Waals surface area contributed by atoms with E-state index in [1.54, 1.807) is 18.2 Å². The summed E-state index contributed by atoms with van der Waals surface area (Å²) in [5.41, 5.74) is 6.97. The molecular formula is C32H33NO4. The molecule has 190 valence electrons. The van der Waals surface area contributed by atoms with Crippen LogP contribution in [0.25, 0.3) is 0 Å². The maximum Gasteiger partial charge on any atom is 0.252 e. The van der Waals surface area contributed by atoms with Crippen molar-refractivity contribution in [3.8, 4) is 17.2 Å². The van der Waals surface area contributed by atoms with E-state index in [1.807, 2.05) is 54.6 Å². The first-order valence-corrected chi connectivity index (χ1v) is 12.8. The molecule has 2 aliphatic rings. The largest absolute Gasteiger partial charge is 0.457 e. The molecule has 2 unspecified atom stereocenters. The Morgan fingerprint density at radius 3 is 2.27 bits per heavy atom. The number of carbonyl (C=O) groups excluding carboxylic acids is 2. The fourth-order valence-electron chi connectivity index (χ4n) is 4.66. The van der Waals surface area contributed by atoms with Crippen LogP contribution in [0.1, 0.15) is 38.5 Å². The van der Waals surface area contributed by atoms with Crippen molar-refractivity contribution in [2.24, 2.45) is 17.6 Å². The molecule has 1 fully saturated rings. The molecule has 2 aromatic rings. The summed E-state index contributed by atoms with van der Waals surface area (Å²) in [4.78, 5) is 24.3. The number of hydrogen-bond donors (Lipinski definition) is 1. The van der Waals surface area contributed by atoms with Gasteiger partial charge in [-0.25, -0.2) is 0 Å². The van der Waals surface area contributed by atoms with Gasteiger partial charge >= 0.3 is 0 Å². The lowest BCUT2D eigenvalue weighted by Gasteiger charge is -2.12. The summed E-state index contributed by atoms with van der Waals surface area (Å²) in [7, 11) is 0. The average Bonchev–Trinajstić information content (AvgIpc) is 3.27. The van der Waals surface area contributed by atoms with Crippen molar-refractivity contribution in [1.29, 1.82) is 0 Å². The van der Waals surface area contributed by atoms with Crippen LogP contribution in [0.2, 0.25) is 0 Å². The zero-order valence-corrected chi connectivity index (χ0v) is 21.0. The van der Waals surface area contributed by atoms with Crippen LogP contribution in [0.3, 0.4) is 0 Å². The van der Waals surface area contributed by atoms with E-state index in [2.05, 4.69) is 18.7 Å². The molecule has 0 bridgehead atoms. The highest BCUT2D eigenvalue weighted by atomic mass is 16.5. The predicted molar refractivity (Wildman–Crippen MR) is 146 cm³/mol. The van der Waals surface area contributed by atoms with E-state index in [0.29, 0.717) is 35.2 Å². The van der Waals surface area contributed by atoms with Gasteiger partial charge in [0.05, 0.1) is 5.57 Å². The highest BCUT2D eigenvalue weighted by molar-refractivity contribution is 5.97. The second-order valence-electron chi connectivity index (χ2n) is 9.35. The third kappa shape index (κ3) is 7.43. The van der Waals surface area contributed by atoms with Crippen LogP contribution >= 0.6 is 0 Å². The third-order valence-electron chi connectivity index (χ3n) is 6.71. The van der Waals surface area contributed by atoms with E-state index in [4.69, 9.17) is 15.2 Å². The second kappa shape index (κ2) is 12.7. The van der Waals surface area contributed by atoms with Gasteiger partial charge in [-0.2, -0.15) is 0 Å². The lowest BCUT2D eigenvalue weighted by molar-refractivity contribution is -0.118. The summed E-state index contributed by atoms with van der Waals surface area (Å²) in [6.45, 7) is 3.63. The minimum atomic E-state index is -0.545. The summed E-state index contributed by atoms with van der Waals surface area (Å²) >= 11 is 0. The number of allylic oxidation sites excluding steroid dienone is 7. The minimum absolute atomic E-state index is 0.0947. The number of hydrogen-bond acceptors (Lipinski definition) is 4. The zero-order chi connectivity index (χ0) is 26.0. The third-order valence-corrected chi connectivity index (χ3v) is 6.71. The zero-order valence-electron chi connectivity index (χ0n) is 21.0. The Balaban J connectivity index is 1.40. The highest BCUT2D eigenvalue weighted by Crippen LogP contribution is 2.30. The molecule has 0 aliphatic heterocycles.